The van der Waals surface area contributed by atoms with Gasteiger partial charge in [0.25, 0.3) is 0 Å². The molecule has 0 amide bonds. The van der Waals surface area contributed by atoms with Crippen molar-refractivity contribution < 1.29 is 9.53 Å². The molecule has 2 atom stereocenters. The second-order valence-electron chi connectivity index (χ2n) is 5.90. The van der Waals surface area contributed by atoms with Crippen LogP contribution < -0.4 is 5.32 Å². The number of nitrogens with zero attached hydrogens (tertiary/aromatic N) is 1. The average Bonchev–Trinajstić information content (AvgIpc) is 2.36. The largest absolute Gasteiger partial charge is 0.468 e. The molecule has 0 fully saturated rings. The van der Waals surface area contributed by atoms with Gasteiger partial charge in [0.05, 0.1) is 7.11 Å². The fourth-order valence-corrected chi connectivity index (χ4v) is 2.09. The van der Waals surface area contributed by atoms with E-state index in [9.17, 15) is 4.79 Å². The van der Waals surface area contributed by atoms with Crippen molar-refractivity contribution in [2.24, 2.45) is 0 Å². The molecule has 0 aromatic rings. The molecule has 0 radical (unpaired) electrons. The first-order valence-corrected chi connectivity index (χ1v) is 6.65. The minimum absolute atomic E-state index is 0.129. The summed E-state index contributed by atoms with van der Waals surface area (Å²) in [4.78, 5) is 14.2. The molecule has 0 bridgehead atoms. The Bertz CT molecular complexity index is 279. The highest BCUT2D eigenvalue weighted by molar-refractivity contribution is 5.80. The van der Waals surface area contributed by atoms with Crippen LogP contribution in [0.3, 0.4) is 0 Å². The number of methoxy groups -OCH3 is 1. The van der Waals surface area contributed by atoms with Crippen molar-refractivity contribution in [3.63, 3.8) is 0 Å². The highest BCUT2D eigenvalue weighted by atomic mass is 16.5. The van der Waals surface area contributed by atoms with E-state index in [-0.39, 0.29) is 17.6 Å². The van der Waals surface area contributed by atoms with Crippen LogP contribution in [-0.4, -0.2) is 49.2 Å². The summed E-state index contributed by atoms with van der Waals surface area (Å²) < 4.78 is 4.88. The van der Waals surface area contributed by atoms with Crippen LogP contribution in [0.25, 0.3) is 0 Å². The van der Waals surface area contributed by atoms with Gasteiger partial charge in [-0.1, -0.05) is 6.92 Å². The maximum Gasteiger partial charge on any atom is 0.325 e. The third-order valence-electron chi connectivity index (χ3n) is 4.37. The summed E-state index contributed by atoms with van der Waals surface area (Å²) in [6.07, 6.45) is 1.79. The fourth-order valence-electron chi connectivity index (χ4n) is 2.09. The standard InChI is InChI=1S/C14H30N2O2/c1-9-13(3,4)16(7)11(2)10-14(5,15-6)12(17)18-8/h11,15H,9-10H2,1-8H3. The summed E-state index contributed by atoms with van der Waals surface area (Å²) >= 11 is 0. The monoisotopic (exact) mass is 258 g/mol. The lowest BCUT2D eigenvalue weighted by atomic mass is 9.90. The topological polar surface area (TPSA) is 41.6 Å². The van der Waals surface area contributed by atoms with Gasteiger partial charge in [-0.15, -0.1) is 0 Å². The molecular weight excluding hydrogens is 228 g/mol. The normalized spacial score (nSPS) is 17.4. The second-order valence-corrected chi connectivity index (χ2v) is 5.90. The van der Waals surface area contributed by atoms with E-state index in [2.05, 4.69) is 45.0 Å². The highest BCUT2D eigenvalue weighted by Gasteiger charge is 2.37. The summed E-state index contributed by atoms with van der Waals surface area (Å²) in [6.45, 7) is 10.7. The van der Waals surface area contributed by atoms with Crippen molar-refractivity contribution in [3.05, 3.63) is 0 Å². The van der Waals surface area contributed by atoms with Crippen LogP contribution in [0.2, 0.25) is 0 Å². The predicted octanol–water partition coefficient (Wildman–Crippen LogP) is 2.04. The average molecular weight is 258 g/mol. The van der Waals surface area contributed by atoms with Crippen LogP contribution in [0.1, 0.15) is 47.5 Å². The lowest BCUT2D eigenvalue weighted by Crippen LogP contribution is -2.55. The van der Waals surface area contributed by atoms with Crippen molar-refractivity contribution in [2.45, 2.75) is 64.6 Å². The number of carbonyl (C=O) groups is 1. The lowest BCUT2D eigenvalue weighted by Gasteiger charge is -2.42. The summed E-state index contributed by atoms with van der Waals surface area (Å²) in [7, 11) is 5.35. The number of hydrogen-bond acceptors (Lipinski definition) is 4. The molecule has 4 nitrogen and oxygen atoms in total. The molecule has 0 spiro atoms. The summed E-state index contributed by atoms with van der Waals surface area (Å²) in [5.41, 5.74) is -0.504. The van der Waals surface area contributed by atoms with E-state index < -0.39 is 5.54 Å². The van der Waals surface area contributed by atoms with E-state index in [0.29, 0.717) is 0 Å². The second kappa shape index (κ2) is 6.53. The van der Waals surface area contributed by atoms with Gasteiger partial charge in [-0.3, -0.25) is 9.69 Å². The van der Waals surface area contributed by atoms with Crippen molar-refractivity contribution in [1.82, 2.24) is 10.2 Å². The molecule has 0 aliphatic rings. The van der Waals surface area contributed by atoms with Gasteiger partial charge < -0.3 is 10.1 Å². The Kier molecular flexibility index (Phi) is 6.30. The van der Waals surface area contributed by atoms with E-state index in [1.54, 1.807) is 7.05 Å². The first kappa shape index (κ1) is 17.4. The minimum Gasteiger partial charge on any atom is -0.468 e. The molecule has 0 saturated heterocycles. The molecule has 1 N–H and O–H groups in total. The first-order valence-electron chi connectivity index (χ1n) is 6.65. The van der Waals surface area contributed by atoms with Crippen molar-refractivity contribution in [3.8, 4) is 0 Å². The van der Waals surface area contributed by atoms with Gasteiger partial charge in [0.2, 0.25) is 0 Å². The molecule has 0 rings (SSSR count). The van der Waals surface area contributed by atoms with E-state index in [0.717, 1.165) is 12.8 Å². The first-order chi connectivity index (χ1) is 8.14. The number of rotatable bonds is 7. The summed E-state index contributed by atoms with van der Waals surface area (Å²) in [5, 5.41) is 3.08. The molecule has 0 heterocycles. The molecule has 108 valence electrons. The number of nitrogens with one attached hydrogen (secondary N) is 1. The van der Waals surface area contributed by atoms with Crippen LogP contribution in [0.15, 0.2) is 0 Å². The van der Waals surface area contributed by atoms with Crippen LogP contribution in [0, 0.1) is 0 Å². The molecular formula is C14H30N2O2. The van der Waals surface area contributed by atoms with Gasteiger partial charge >= 0.3 is 5.97 Å². The van der Waals surface area contributed by atoms with Gasteiger partial charge in [-0.05, 0) is 54.6 Å². The van der Waals surface area contributed by atoms with Gasteiger partial charge in [-0.2, -0.15) is 0 Å². The molecule has 18 heavy (non-hydrogen) atoms. The zero-order valence-corrected chi connectivity index (χ0v) is 13.3. The van der Waals surface area contributed by atoms with Gasteiger partial charge in [-0.25, -0.2) is 0 Å². The Hall–Kier alpha value is -0.610. The van der Waals surface area contributed by atoms with Crippen molar-refractivity contribution in [1.29, 1.82) is 0 Å². The third-order valence-corrected chi connectivity index (χ3v) is 4.37. The van der Waals surface area contributed by atoms with Crippen LogP contribution >= 0.6 is 0 Å². The molecule has 0 aromatic carbocycles. The lowest BCUT2D eigenvalue weighted by molar-refractivity contribution is -0.148. The Morgan fingerprint density at radius 1 is 1.39 bits per heavy atom. The fraction of sp³-hybridized carbons (Fsp3) is 0.929. The molecule has 0 aromatic heterocycles. The van der Waals surface area contributed by atoms with E-state index in [4.69, 9.17) is 4.74 Å². The van der Waals surface area contributed by atoms with Gasteiger partial charge in [0, 0.05) is 11.6 Å². The summed E-state index contributed by atoms with van der Waals surface area (Å²) in [6, 6.07) is 0.288. The molecule has 0 saturated carbocycles. The smallest absolute Gasteiger partial charge is 0.325 e. The Balaban J connectivity index is 4.82. The van der Waals surface area contributed by atoms with Gasteiger partial charge in [0.15, 0.2) is 0 Å². The zero-order chi connectivity index (χ0) is 14.6. The Morgan fingerprint density at radius 2 is 1.89 bits per heavy atom. The van der Waals surface area contributed by atoms with Crippen LogP contribution in [-0.2, 0) is 9.53 Å². The zero-order valence-electron chi connectivity index (χ0n) is 13.3. The van der Waals surface area contributed by atoms with Crippen molar-refractivity contribution in [2.75, 3.05) is 21.2 Å². The predicted molar refractivity (Wildman–Crippen MR) is 75.7 cm³/mol. The molecule has 4 heteroatoms. The van der Waals surface area contributed by atoms with E-state index >= 15 is 0 Å². The van der Waals surface area contributed by atoms with Crippen molar-refractivity contribution >= 4 is 5.97 Å². The number of carbonyl (C=O) groups excluding carboxylic acids is 1. The van der Waals surface area contributed by atoms with Crippen LogP contribution in [0.5, 0.6) is 0 Å². The number of ether oxygens (including phenoxy) is 1. The Morgan fingerprint density at radius 3 is 2.22 bits per heavy atom. The van der Waals surface area contributed by atoms with E-state index in [1.807, 2.05) is 6.92 Å². The van der Waals surface area contributed by atoms with Gasteiger partial charge in [0.1, 0.15) is 5.54 Å². The minimum atomic E-state index is -0.633. The Labute approximate surface area is 112 Å². The third kappa shape index (κ3) is 3.95. The number of hydrogen-bond donors (Lipinski definition) is 1. The molecule has 2 unspecified atom stereocenters. The van der Waals surface area contributed by atoms with E-state index in [1.165, 1.54) is 7.11 Å². The number of esters is 1. The maximum absolute atomic E-state index is 11.8. The SMILES string of the molecule is CCC(C)(C)N(C)C(C)CC(C)(NC)C(=O)OC. The molecule has 0 aliphatic heterocycles. The highest BCUT2D eigenvalue weighted by Crippen LogP contribution is 2.24. The van der Waals surface area contributed by atoms with Crippen LogP contribution in [0.4, 0.5) is 0 Å². The maximum atomic E-state index is 11.8. The molecule has 0 aliphatic carbocycles. The quantitative estimate of drug-likeness (QED) is 0.710. The summed E-state index contributed by atoms with van der Waals surface area (Å²) in [5.74, 6) is -0.209. The number of likely N-dealkylation sites (N-methyl/N-ethyl adjacent to an activating group) is 1.